The zero-order valence-electron chi connectivity index (χ0n) is 17.4. The largest absolute Gasteiger partial charge is 0.480 e. The van der Waals surface area contributed by atoms with E-state index in [4.69, 9.17) is 11.5 Å². The van der Waals surface area contributed by atoms with Crippen molar-refractivity contribution in [3.8, 4) is 0 Å². The van der Waals surface area contributed by atoms with E-state index in [9.17, 15) is 29.1 Å². The molecule has 176 valence electrons. The average Bonchev–Trinajstić information content (AvgIpc) is 3.22. The molecule has 0 bridgehead atoms. The third kappa shape index (κ3) is 8.57. The molecule has 1 rings (SSSR count). The molecule has 1 aliphatic heterocycles. The maximum absolute atomic E-state index is 13.0. The van der Waals surface area contributed by atoms with Crippen LogP contribution in [-0.4, -0.2) is 88.1 Å². The van der Waals surface area contributed by atoms with Gasteiger partial charge < -0.3 is 32.1 Å². The van der Waals surface area contributed by atoms with E-state index in [1.54, 1.807) is 0 Å². The van der Waals surface area contributed by atoms with Crippen molar-refractivity contribution in [2.75, 3.05) is 24.3 Å². The first kappa shape index (κ1) is 27.0. The summed E-state index contributed by atoms with van der Waals surface area (Å²) in [6.07, 6.45) is 2.80. The summed E-state index contributed by atoms with van der Waals surface area (Å²) in [5.74, 6) is -2.93. The van der Waals surface area contributed by atoms with Crippen molar-refractivity contribution < 1.29 is 29.1 Å². The number of hydrogen-bond donors (Lipinski definition) is 6. The van der Waals surface area contributed by atoms with E-state index in [-0.39, 0.29) is 25.0 Å². The standard InChI is InChI=1S/C18H31N5O6S2/c1-31-8-6-12(17(27)23-7-2-3-13(23)18(28)29)22-16(26)11(4-5-14(20)24)21-15(25)10(19)9-30/h10-13,30H,2-9,19H2,1H3,(H2,20,24)(H,21,25)(H,22,26)(H,28,29). The average molecular weight is 478 g/mol. The first-order valence-electron chi connectivity index (χ1n) is 9.90. The number of hydrogen-bond acceptors (Lipinski definition) is 8. The lowest BCUT2D eigenvalue weighted by molar-refractivity contribution is -0.149. The Hall–Kier alpha value is -1.99. The molecule has 4 unspecified atom stereocenters. The van der Waals surface area contributed by atoms with Gasteiger partial charge in [-0.1, -0.05) is 0 Å². The molecule has 1 aliphatic rings. The minimum atomic E-state index is -1.13. The van der Waals surface area contributed by atoms with Crippen molar-refractivity contribution in [3.63, 3.8) is 0 Å². The number of carbonyl (C=O) groups excluding carboxylic acids is 4. The third-order valence-corrected chi connectivity index (χ3v) is 5.93. The Morgan fingerprint density at radius 1 is 1.16 bits per heavy atom. The van der Waals surface area contributed by atoms with Crippen LogP contribution in [0.2, 0.25) is 0 Å². The fourth-order valence-corrected chi connectivity index (χ4v) is 3.81. The van der Waals surface area contributed by atoms with Crippen LogP contribution >= 0.6 is 24.4 Å². The van der Waals surface area contributed by atoms with Gasteiger partial charge >= 0.3 is 5.97 Å². The minimum absolute atomic E-state index is 0.0519. The van der Waals surface area contributed by atoms with E-state index < -0.39 is 53.8 Å². The Kier molecular flexibility index (Phi) is 11.7. The number of carboxylic acid groups (broad SMARTS) is 1. The highest BCUT2D eigenvalue weighted by molar-refractivity contribution is 7.98. The molecule has 0 spiro atoms. The van der Waals surface area contributed by atoms with Crippen LogP contribution in [0, 0.1) is 0 Å². The summed E-state index contributed by atoms with van der Waals surface area (Å²) in [5, 5.41) is 14.4. The highest BCUT2D eigenvalue weighted by Gasteiger charge is 2.38. The van der Waals surface area contributed by atoms with Crippen molar-refractivity contribution >= 4 is 54.0 Å². The maximum atomic E-state index is 13.0. The third-order valence-electron chi connectivity index (χ3n) is 4.89. The SMILES string of the molecule is CSCCC(NC(=O)C(CCC(N)=O)NC(=O)C(N)CS)C(=O)N1CCCC1C(=O)O. The van der Waals surface area contributed by atoms with E-state index in [1.165, 1.54) is 16.7 Å². The minimum Gasteiger partial charge on any atom is -0.480 e. The van der Waals surface area contributed by atoms with Crippen molar-refractivity contribution in [2.45, 2.75) is 56.3 Å². The number of carboxylic acids is 1. The number of carbonyl (C=O) groups is 5. The molecular formula is C18H31N5O6S2. The number of rotatable bonds is 13. The zero-order valence-corrected chi connectivity index (χ0v) is 19.1. The van der Waals surface area contributed by atoms with Gasteiger partial charge in [0.05, 0.1) is 6.04 Å². The fraction of sp³-hybridized carbons (Fsp3) is 0.722. The molecule has 1 fully saturated rings. The Morgan fingerprint density at radius 3 is 2.35 bits per heavy atom. The molecule has 7 N–H and O–H groups in total. The lowest BCUT2D eigenvalue weighted by Crippen LogP contribution is -2.57. The summed E-state index contributed by atoms with van der Waals surface area (Å²) in [5.41, 5.74) is 10.8. The Labute approximate surface area is 190 Å². The highest BCUT2D eigenvalue weighted by Crippen LogP contribution is 2.20. The van der Waals surface area contributed by atoms with E-state index in [1.807, 2.05) is 6.26 Å². The second kappa shape index (κ2) is 13.4. The summed E-state index contributed by atoms with van der Waals surface area (Å²) in [6, 6.07) is -3.99. The molecule has 0 radical (unpaired) electrons. The molecule has 31 heavy (non-hydrogen) atoms. The predicted octanol–water partition coefficient (Wildman–Crippen LogP) is -1.69. The highest BCUT2D eigenvalue weighted by atomic mass is 32.2. The number of nitrogens with two attached hydrogens (primary N) is 2. The van der Waals surface area contributed by atoms with Gasteiger partial charge in [-0.25, -0.2) is 4.79 Å². The van der Waals surface area contributed by atoms with Gasteiger partial charge in [0.1, 0.15) is 18.1 Å². The van der Waals surface area contributed by atoms with Gasteiger partial charge in [-0.3, -0.25) is 19.2 Å². The molecule has 1 saturated heterocycles. The second-order valence-electron chi connectivity index (χ2n) is 7.23. The van der Waals surface area contributed by atoms with E-state index in [0.29, 0.717) is 25.1 Å². The summed E-state index contributed by atoms with van der Waals surface area (Å²) >= 11 is 5.42. The molecule has 4 amide bonds. The molecule has 0 aromatic heterocycles. The van der Waals surface area contributed by atoms with Crippen molar-refractivity contribution in [1.82, 2.24) is 15.5 Å². The van der Waals surface area contributed by atoms with Gasteiger partial charge in [0.2, 0.25) is 23.6 Å². The lowest BCUT2D eigenvalue weighted by Gasteiger charge is -2.29. The van der Waals surface area contributed by atoms with Crippen LogP contribution < -0.4 is 22.1 Å². The van der Waals surface area contributed by atoms with Crippen LogP contribution in [0.4, 0.5) is 0 Å². The number of amides is 4. The Bertz CT molecular complexity index is 680. The number of nitrogens with one attached hydrogen (secondary N) is 2. The molecule has 0 aliphatic carbocycles. The lowest BCUT2D eigenvalue weighted by atomic mass is 10.1. The Balaban J connectivity index is 2.97. The first-order valence-corrected chi connectivity index (χ1v) is 11.9. The van der Waals surface area contributed by atoms with Gasteiger partial charge in [0, 0.05) is 18.7 Å². The van der Waals surface area contributed by atoms with Gasteiger partial charge in [-0.15, -0.1) is 0 Å². The predicted molar refractivity (Wildman–Crippen MR) is 119 cm³/mol. The molecule has 1 heterocycles. The molecule has 0 saturated carbocycles. The number of primary amides is 1. The summed E-state index contributed by atoms with van der Waals surface area (Å²) < 4.78 is 0. The van der Waals surface area contributed by atoms with Gasteiger partial charge in [-0.05, 0) is 37.7 Å². The number of thioether (sulfide) groups is 1. The monoisotopic (exact) mass is 477 g/mol. The van der Waals surface area contributed by atoms with Crippen LogP contribution in [0.3, 0.4) is 0 Å². The zero-order chi connectivity index (χ0) is 23.6. The van der Waals surface area contributed by atoms with E-state index in [0.717, 1.165) is 0 Å². The number of thiol groups is 1. The molecular weight excluding hydrogens is 446 g/mol. The van der Waals surface area contributed by atoms with Crippen LogP contribution in [0.25, 0.3) is 0 Å². The first-order chi connectivity index (χ1) is 14.6. The van der Waals surface area contributed by atoms with Crippen molar-refractivity contribution in [1.29, 1.82) is 0 Å². The van der Waals surface area contributed by atoms with Crippen molar-refractivity contribution in [3.05, 3.63) is 0 Å². The van der Waals surface area contributed by atoms with Crippen LogP contribution in [-0.2, 0) is 24.0 Å². The van der Waals surface area contributed by atoms with Gasteiger partial charge in [0.15, 0.2) is 0 Å². The van der Waals surface area contributed by atoms with Crippen LogP contribution in [0.5, 0.6) is 0 Å². The van der Waals surface area contributed by atoms with Gasteiger partial charge in [-0.2, -0.15) is 24.4 Å². The van der Waals surface area contributed by atoms with E-state index >= 15 is 0 Å². The smallest absolute Gasteiger partial charge is 0.326 e. The normalized spacial score (nSPS) is 18.7. The molecule has 4 atom stereocenters. The second-order valence-corrected chi connectivity index (χ2v) is 8.58. The quantitative estimate of drug-likeness (QED) is 0.170. The summed E-state index contributed by atoms with van der Waals surface area (Å²) in [7, 11) is 0. The summed E-state index contributed by atoms with van der Waals surface area (Å²) in [6.45, 7) is 0.292. The molecule has 11 nitrogen and oxygen atoms in total. The van der Waals surface area contributed by atoms with Crippen LogP contribution in [0.1, 0.15) is 32.1 Å². The number of likely N-dealkylation sites (tertiary alicyclic amines) is 1. The fourth-order valence-electron chi connectivity index (χ4n) is 3.17. The van der Waals surface area contributed by atoms with E-state index in [2.05, 4.69) is 23.3 Å². The number of nitrogens with zero attached hydrogens (tertiary/aromatic N) is 1. The van der Waals surface area contributed by atoms with Gasteiger partial charge in [0.25, 0.3) is 0 Å². The number of aliphatic carboxylic acids is 1. The molecule has 0 aromatic carbocycles. The summed E-state index contributed by atoms with van der Waals surface area (Å²) in [4.78, 5) is 61.9. The molecule has 0 aromatic rings. The maximum Gasteiger partial charge on any atom is 0.326 e. The van der Waals surface area contributed by atoms with Crippen molar-refractivity contribution in [2.24, 2.45) is 11.5 Å². The molecule has 13 heteroatoms. The topological polar surface area (TPSA) is 185 Å². The Morgan fingerprint density at radius 2 is 1.81 bits per heavy atom. The van der Waals surface area contributed by atoms with Crippen LogP contribution in [0.15, 0.2) is 0 Å².